The fourth-order valence-electron chi connectivity index (χ4n) is 3.55. The first-order valence-electron chi connectivity index (χ1n) is 8.13. The van der Waals surface area contributed by atoms with Crippen LogP contribution >= 0.6 is 0 Å². The van der Waals surface area contributed by atoms with E-state index in [4.69, 9.17) is 9.47 Å². The molecule has 0 aliphatic carbocycles. The minimum atomic E-state index is -0.599. The number of H-pyrrole nitrogens is 1. The third-order valence-corrected chi connectivity index (χ3v) is 4.76. The molecule has 0 bridgehead atoms. The van der Waals surface area contributed by atoms with Crippen LogP contribution in [0.1, 0.15) is 5.56 Å². The Hall–Kier alpha value is -2.67. The maximum Gasteiger partial charge on any atom is 0.200 e. The first-order chi connectivity index (χ1) is 12.2. The first-order valence-corrected chi connectivity index (χ1v) is 8.13. The van der Waals surface area contributed by atoms with Gasteiger partial charge >= 0.3 is 0 Å². The summed E-state index contributed by atoms with van der Waals surface area (Å²) in [4.78, 5) is 2.16. The van der Waals surface area contributed by atoms with Gasteiger partial charge in [-0.2, -0.15) is 5.10 Å². The van der Waals surface area contributed by atoms with Gasteiger partial charge < -0.3 is 9.47 Å². The highest BCUT2D eigenvalue weighted by atomic mass is 19.1. The zero-order valence-corrected chi connectivity index (χ0v) is 13.2. The van der Waals surface area contributed by atoms with Gasteiger partial charge in [0.25, 0.3) is 0 Å². The fourth-order valence-corrected chi connectivity index (χ4v) is 3.55. The molecule has 0 unspecified atom stereocenters. The van der Waals surface area contributed by atoms with E-state index in [0.29, 0.717) is 19.6 Å². The molecule has 1 saturated heterocycles. The van der Waals surface area contributed by atoms with E-state index in [-0.39, 0.29) is 23.7 Å². The molecule has 1 fully saturated rings. The minimum absolute atomic E-state index is 0.123. The van der Waals surface area contributed by atoms with Crippen LogP contribution < -0.4 is 9.47 Å². The van der Waals surface area contributed by atoms with E-state index >= 15 is 0 Å². The number of halogens is 2. The van der Waals surface area contributed by atoms with E-state index in [1.54, 1.807) is 6.20 Å². The van der Waals surface area contributed by atoms with Crippen molar-refractivity contribution in [3.63, 3.8) is 0 Å². The lowest BCUT2D eigenvalue weighted by Gasteiger charge is -2.28. The molecule has 0 saturated carbocycles. The molecule has 25 heavy (non-hydrogen) atoms. The molecule has 1 aromatic heterocycles. The normalized spacial score (nSPS) is 22.3. The van der Waals surface area contributed by atoms with Crippen LogP contribution in [-0.4, -0.2) is 40.4 Å². The van der Waals surface area contributed by atoms with Crippen molar-refractivity contribution < 1.29 is 18.3 Å². The fraction of sp³-hybridized carbons (Fsp3) is 0.278. The highest BCUT2D eigenvalue weighted by Gasteiger charge is 2.41. The van der Waals surface area contributed by atoms with Crippen LogP contribution in [0.3, 0.4) is 0 Å². The Morgan fingerprint density at radius 1 is 1.04 bits per heavy atom. The van der Waals surface area contributed by atoms with Crippen LogP contribution in [0.4, 0.5) is 8.78 Å². The van der Waals surface area contributed by atoms with Gasteiger partial charge in [0.05, 0.1) is 11.7 Å². The number of hydrogen-bond donors (Lipinski definition) is 1. The van der Waals surface area contributed by atoms with Gasteiger partial charge in [-0.15, -0.1) is 0 Å². The first kappa shape index (κ1) is 14.7. The summed E-state index contributed by atoms with van der Waals surface area (Å²) in [6.07, 6.45) is 1.17. The highest BCUT2D eigenvalue weighted by molar-refractivity contribution is 5.78. The molecular formula is C18H15F2N3O2. The van der Waals surface area contributed by atoms with Crippen molar-refractivity contribution in [2.75, 3.05) is 13.1 Å². The average molecular weight is 343 g/mol. The Bertz CT molecular complexity index is 920. The lowest BCUT2D eigenvalue weighted by Crippen LogP contribution is -2.39. The Kier molecular flexibility index (Phi) is 3.18. The molecule has 3 aromatic rings. The predicted octanol–water partition coefficient (Wildman–Crippen LogP) is 2.87. The van der Waals surface area contributed by atoms with E-state index < -0.39 is 11.6 Å². The van der Waals surface area contributed by atoms with E-state index in [2.05, 4.69) is 27.2 Å². The van der Waals surface area contributed by atoms with Crippen molar-refractivity contribution in [1.82, 2.24) is 15.1 Å². The number of aromatic nitrogens is 2. The van der Waals surface area contributed by atoms with Crippen molar-refractivity contribution in [3.05, 3.63) is 53.7 Å². The average Bonchev–Trinajstić information content (AvgIpc) is 3.22. The van der Waals surface area contributed by atoms with Crippen molar-refractivity contribution in [1.29, 1.82) is 0 Å². The van der Waals surface area contributed by atoms with Gasteiger partial charge in [0.1, 0.15) is 12.2 Å². The van der Waals surface area contributed by atoms with E-state index in [1.807, 2.05) is 6.07 Å². The van der Waals surface area contributed by atoms with Crippen molar-refractivity contribution in [2.24, 2.45) is 0 Å². The Morgan fingerprint density at radius 2 is 1.72 bits per heavy atom. The van der Waals surface area contributed by atoms with E-state index in [0.717, 1.165) is 28.6 Å². The van der Waals surface area contributed by atoms with Gasteiger partial charge in [0.15, 0.2) is 11.6 Å². The van der Waals surface area contributed by atoms with Crippen molar-refractivity contribution >= 4 is 10.9 Å². The quantitative estimate of drug-likeness (QED) is 0.777. The second kappa shape index (κ2) is 5.42. The van der Waals surface area contributed by atoms with Gasteiger partial charge in [-0.25, -0.2) is 8.78 Å². The molecule has 2 aliphatic rings. The standard InChI is InChI=1S/C18H15F2N3O2/c19-12-3-4-13(20)18-17(12)24-15-8-23(9-16(15)25-18)7-10-1-2-11-6-21-22-14(11)5-10/h1-6,15-16H,7-9H2,(H,21,22)/t15-,16+. The summed E-state index contributed by atoms with van der Waals surface area (Å²) in [5.74, 6) is -1.44. The van der Waals surface area contributed by atoms with Gasteiger partial charge in [-0.05, 0) is 23.8 Å². The molecule has 0 amide bonds. The summed E-state index contributed by atoms with van der Waals surface area (Å²) < 4.78 is 39.1. The summed E-state index contributed by atoms with van der Waals surface area (Å²) in [7, 11) is 0. The molecule has 5 rings (SSSR count). The third-order valence-electron chi connectivity index (χ3n) is 4.76. The summed E-state index contributed by atoms with van der Waals surface area (Å²) >= 11 is 0. The number of fused-ring (bicyclic) bond motifs is 3. The van der Waals surface area contributed by atoms with Gasteiger partial charge in [0, 0.05) is 25.0 Å². The van der Waals surface area contributed by atoms with E-state index in [9.17, 15) is 8.78 Å². The Balaban J connectivity index is 1.35. The van der Waals surface area contributed by atoms with Crippen LogP contribution in [0, 0.1) is 11.6 Å². The molecule has 1 N–H and O–H groups in total. The number of rotatable bonds is 2. The molecule has 2 aromatic carbocycles. The smallest absolute Gasteiger partial charge is 0.200 e. The van der Waals surface area contributed by atoms with Gasteiger partial charge in [-0.3, -0.25) is 10.00 Å². The summed E-state index contributed by atoms with van der Waals surface area (Å²) in [5.41, 5.74) is 2.11. The number of aromatic amines is 1. The zero-order chi connectivity index (χ0) is 17.0. The monoisotopic (exact) mass is 343 g/mol. The minimum Gasteiger partial charge on any atom is -0.478 e. The maximum atomic E-state index is 13.9. The van der Waals surface area contributed by atoms with Crippen LogP contribution in [0.2, 0.25) is 0 Å². The number of nitrogens with zero attached hydrogens (tertiary/aromatic N) is 2. The molecule has 7 heteroatoms. The van der Waals surface area contributed by atoms with Crippen molar-refractivity contribution in [2.45, 2.75) is 18.8 Å². The molecular weight excluding hydrogens is 328 g/mol. The zero-order valence-electron chi connectivity index (χ0n) is 13.2. The summed E-state index contributed by atoms with van der Waals surface area (Å²) in [5, 5.41) is 8.04. The Morgan fingerprint density at radius 3 is 2.40 bits per heavy atom. The number of benzene rings is 2. The lowest BCUT2D eigenvalue weighted by atomic mass is 10.1. The molecule has 128 valence electrons. The largest absolute Gasteiger partial charge is 0.478 e. The molecule has 2 aliphatic heterocycles. The molecule has 3 heterocycles. The van der Waals surface area contributed by atoms with Crippen LogP contribution in [-0.2, 0) is 6.54 Å². The van der Waals surface area contributed by atoms with Gasteiger partial charge in [0.2, 0.25) is 11.5 Å². The highest BCUT2D eigenvalue weighted by Crippen LogP contribution is 2.40. The molecule has 0 radical (unpaired) electrons. The number of ether oxygens (including phenoxy) is 2. The third kappa shape index (κ3) is 2.42. The predicted molar refractivity (Wildman–Crippen MR) is 86.6 cm³/mol. The number of nitrogens with one attached hydrogen (secondary N) is 1. The summed E-state index contributed by atoms with van der Waals surface area (Å²) in [6.45, 7) is 1.90. The maximum absolute atomic E-state index is 13.9. The van der Waals surface area contributed by atoms with Crippen LogP contribution in [0.25, 0.3) is 10.9 Å². The van der Waals surface area contributed by atoms with E-state index in [1.165, 1.54) is 0 Å². The number of likely N-dealkylation sites (tertiary alicyclic amines) is 1. The SMILES string of the molecule is Fc1ccc(F)c2c1O[C@H]1CN(Cc3ccc4cn[nH]c4c3)C[C@H]1O2. The second-order valence-corrected chi connectivity index (χ2v) is 6.49. The topological polar surface area (TPSA) is 50.4 Å². The molecule has 5 nitrogen and oxygen atoms in total. The van der Waals surface area contributed by atoms with Crippen LogP contribution in [0.15, 0.2) is 36.5 Å². The summed E-state index contributed by atoms with van der Waals surface area (Å²) in [6, 6.07) is 8.25. The second-order valence-electron chi connectivity index (χ2n) is 6.49. The lowest BCUT2D eigenvalue weighted by molar-refractivity contribution is 0.0467. The van der Waals surface area contributed by atoms with Crippen molar-refractivity contribution in [3.8, 4) is 11.5 Å². The van der Waals surface area contributed by atoms with Crippen LogP contribution in [0.5, 0.6) is 11.5 Å². The molecule has 0 spiro atoms. The Labute approximate surface area is 142 Å². The number of hydrogen-bond acceptors (Lipinski definition) is 4. The molecule has 2 atom stereocenters. The van der Waals surface area contributed by atoms with Gasteiger partial charge in [-0.1, -0.05) is 12.1 Å².